The van der Waals surface area contributed by atoms with Gasteiger partial charge >= 0.3 is 0 Å². The number of nitrogens with zero attached hydrogens (tertiary/aromatic N) is 3. The molecule has 1 aromatic carbocycles. The van der Waals surface area contributed by atoms with E-state index in [4.69, 9.17) is 4.52 Å². The topological polar surface area (TPSA) is 72.4 Å². The molecule has 0 spiro atoms. The summed E-state index contributed by atoms with van der Waals surface area (Å²) in [6, 6.07) is 6.91. The molecule has 1 aliphatic heterocycles. The van der Waals surface area contributed by atoms with Crippen LogP contribution < -0.4 is 4.90 Å². The fourth-order valence-electron chi connectivity index (χ4n) is 2.59. The third-order valence-corrected chi connectivity index (χ3v) is 3.59. The molecule has 1 aliphatic rings. The van der Waals surface area contributed by atoms with E-state index < -0.39 is 0 Å². The maximum absolute atomic E-state index is 11.3. The van der Waals surface area contributed by atoms with Crippen LogP contribution in [-0.2, 0) is 0 Å². The van der Waals surface area contributed by atoms with Crippen molar-refractivity contribution in [1.82, 2.24) is 5.16 Å². The Balaban J connectivity index is 2.00. The van der Waals surface area contributed by atoms with Crippen LogP contribution in [0.15, 0.2) is 35.0 Å². The summed E-state index contributed by atoms with van der Waals surface area (Å²) in [5.74, 6) is 0.540. The van der Waals surface area contributed by atoms with Crippen LogP contribution >= 0.6 is 0 Å². The minimum Gasteiger partial charge on any atom is -0.366 e. The van der Waals surface area contributed by atoms with E-state index in [1.54, 1.807) is 18.2 Å². The molecule has 1 fully saturated rings. The molecular weight excluding hydrogens is 258 g/mol. The van der Waals surface area contributed by atoms with Crippen LogP contribution in [0.25, 0.3) is 11.3 Å². The highest BCUT2D eigenvalue weighted by atomic mass is 16.6. The highest BCUT2D eigenvalue weighted by molar-refractivity contribution is 5.71. The number of hydrogen-bond acceptors (Lipinski definition) is 5. The molecule has 6 heteroatoms. The lowest BCUT2D eigenvalue weighted by atomic mass is 10.1. The highest BCUT2D eigenvalue weighted by Crippen LogP contribution is 2.34. The summed E-state index contributed by atoms with van der Waals surface area (Å²) in [6.45, 7) is 1.75. The molecule has 0 unspecified atom stereocenters. The van der Waals surface area contributed by atoms with Crippen LogP contribution in [0.1, 0.15) is 19.3 Å². The van der Waals surface area contributed by atoms with E-state index in [1.807, 2.05) is 6.07 Å². The Morgan fingerprint density at radius 3 is 2.65 bits per heavy atom. The van der Waals surface area contributed by atoms with Crippen molar-refractivity contribution in [2.24, 2.45) is 0 Å². The predicted octanol–water partition coefficient (Wildman–Crippen LogP) is 3.24. The first kappa shape index (κ1) is 12.7. The van der Waals surface area contributed by atoms with Gasteiger partial charge in [-0.05, 0) is 31.4 Å². The molecule has 2 heterocycles. The summed E-state index contributed by atoms with van der Waals surface area (Å²) < 4.78 is 5.05. The molecule has 1 aromatic heterocycles. The number of piperidine rings is 1. The van der Waals surface area contributed by atoms with Gasteiger partial charge in [0, 0.05) is 30.8 Å². The molecule has 6 nitrogen and oxygen atoms in total. The van der Waals surface area contributed by atoms with Gasteiger partial charge in [0.25, 0.3) is 5.69 Å². The quantitative estimate of drug-likeness (QED) is 0.634. The van der Waals surface area contributed by atoms with Crippen LogP contribution in [-0.4, -0.2) is 23.2 Å². The SMILES string of the molecule is O=[N+]([O-])c1cc(-c2ccno2)ccc1N1CCCCC1. The summed E-state index contributed by atoms with van der Waals surface area (Å²) in [7, 11) is 0. The van der Waals surface area contributed by atoms with Crippen molar-refractivity contribution in [3.05, 3.63) is 40.6 Å². The van der Waals surface area contributed by atoms with Crippen molar-refractivity contribution < 1.29 is 9.45 Å². The Bertz CT molecular complexity index is 604. The average molecular weight is 273 g/mol. The number of aromatic nitrogens is 1. The Morgan fingerprint density at radius 1 is 1.20 bits per heavy atom. The Kier molecular flexibility index (Phi) is 3.37. The van der Waals surface area contributed by atoms with Gasteiger partial charge in [-0.2, -0.15) is 0 Å². The molecule has 0 amide bonds. The van der Waals surface area contributed by atoms with E-state index >= 15 is 0 Å². The van der Waals surface area contributed by atoms with Crippen LogP contribution in [0, 0.1) is 10.1 Å². The van der Waals surface area contributed by atoms with E-state index in [1.165, 1.54) is 12.6 Å². The lowest BCUT2D eigenvalue weighted by Crippen LogP contribution is -2.29. The lowest BCUT2D eigenvalue weighted by molar-refractivity contribution is -0.384. The maximum atomic E-state index is 11.3. The summed E-state index contributed by atoms with van der Waals surface area (Å²) in [5, 5.41) is 14.9. The van der Waals surface area contributed by atoms with Gasteiger partial charge in [0.1, 0.15) is 5.69 Å². The average Bonchev–Trinajstić information content (AvgIpc) is 3.02. The van der Waals surface area contributed by atoms with E-state index in [9.17, 15) is 10.1 Å². The molecule has 2 aromatic rings. The third-order valence-electron chi connectivity index (χ3n) is 3.59. The molecule has 3 rings (SSSR count). The maximum Gasteiger partial charge on any atom is 0.293 e. The van der Waals surface area contributed by atoms with Gasteiger partial charge in [-0.25, -0.2) is 0 Å². The molecule has 0 atom stereocenters. The highest BCUT2D eigenvalue weighted by Gasteiger charge is 2.22. The summed E-state index contributed by atoms with van der Waals surface area (Å²) in [4.78, 5) is 13.1. The van der Waals surface area contributed by atoms with Gasteiger partial charge in [0.15, 0.2) is 5.76 Å². The second-order valence-electron chi connectivity index (χ2n) is 4.88. The number of nitro groups is 1. The summed E-state index contributed by atoms with van der Waals surface area (Å²) >= 11 is 0. The van der Waals surface area contributed by atoms with Crippen LogP contribution in [0.2, 0.25) is 0 Å². The second-order valence-corrected chi connectivity index (χ2v) is 4.88. The van der Waals surface area contributed by atoms with E-state index in [2.05, 4.69) is 10.1 Å². The Morgan fingerprint density at radius 2 is 2.00 bits per heavy atom. The lowest BCUT2D eigenvalue weighted by Gasteiger charge is -2.28. The van der Waals surface area contributed by atoms with Gasteiger partial charge in [-0.3, -0.25) is 10.1 Å². The first-order valence-electron chi connectivity index (χ1n) is 6.70. The van der Waals surface area contributed by atoms with Crippen molar-refractivity contribution in [1.29, 1.82) is 0 Å². The zero-order valence-corrected chi connectivity index (χ0v) is 11.0. The largest absolute Gasteiger partial charge is 0.366 e. The number of nitro benzene ring substituents is 1. The van der Waals surface area contributed by atoms with Gasteiger partial charge in [0.2, 0.25) is 0 Å². The van der Waals surface area contributed by atoms with Gasteiger partial charge < -0.3 is 9.42 Å². The zero-order chi connectivity index (χ0) is 13.9. The van der Waals surface area contributed by atoms with Crippen LogP contribution in [0.3, 0.4) is 0 Å². The third kappa shape index (κ3) is 2.36. The number of hydrogen-bond donors (Lipinski definition) is 0. The van der Waals surface area contributed by atoms with E-state index in [0.29, 0.717) is 17.0 Å². The number of rotatable bonds is 3. The molecule has 0 N–H and O–H groups in total. The molecule has 0 radical (unpaired) electrons. The first-order chi connectivity index (χ1) is 9.75. The second kappa shape index (κ2) is 5.32. The number of anilines is 1. The van der Waals surface area contributed by atoms with Gasteiger partial charge in [-0.15, -0.1) is 0 Å². The zero-order valence-electron chi connectivity index (χ0n) is 11.0. The molecule has 104 valence electrons. The Labute approximate surface area is 116 Å². The van der Waals surface area contributed by atoms with Crippen molar-refractivity contribution in [2.75, 3.05) is 18.0 Å². The van der Waals surface area contributed by atoms with E-state index in [-0.39, 0.29) is 10.6 Å². The van der Waals surface area contributed by atoms with Crippen LogP contribution in [0.4, 0.5) is 11.4 Å². The Hall–Kier alpha value is -2.37. The smallest absolute Gasteiger partial charge is 0.293 e. The normalized spacial score (nSPS) is 15.3. The first-order valence-corrected chi connectivity index (χ1v) is 6.70. The fourth-order valence-corrected chi connectivity index (χ4v) is 2.59. The summed E-state index contributed by atoms with van der Waals surface area (Å²) in [6.07, 6.45) is 4.89. The molecule has 1 saturated heterocycles. The minimum atomic E-state index is -0.330. The fraction of sp³-hybridized carbons (Fsp3) is 0.357. The van der Waals surface area contributed by atoms with Crippen molar-refractivity contribution in [2.45, 2.75) is 19.3 Å². The van der Waals surface area contributed by atoms with Crippen LogP contribution in [0.5, 0.6) is 0 Å². The van der Waals surface area contributed by atoms with Gasteiger partial charge in [-0.1, -0.05) is 5.16 Å². The monoisotopic (exact) mass is 273 g/mol. The molecule has 0 bridgehead atoms. The van der Waals surface area contributed by atoms with Crippen molar-refractivity contribution >= 4 is 11.4 Å². The van der Waals surface area contributed by atoms with Crippen molar-refractivity contribution in [3.63, 3.8) is 0 Å². The minimum absolute atomic E-state index is 0.126. The standard InChI is InChI=1S/C14H15N3O3/c18-17(19)13-10-11(14-6-7-15-20-14)4-5-12(13)16-8-2-1-3-9-16/h4-7,10H,1-3,8-9H2. The predicted molar refractivity (Wildman–Crippen MR) is 74.7 cm³/mol. The van der Waals surface area contributed by atoms with Crippen molar-refractivity contribution in [3.8, 4) is 11.3 Å². The van der Waals surface area contributed by atoms with E-state index in [0.717, 1.165) is 25.9 Å². The molecule has 0 aliphatic carbocycles. The molecular formula is C14H15N3O3. The molecule has 20 heavy (non-hydrogen) atoms. The summed E-state index contributed by atoms with van der Waals surface area (Å²) in [5.41, 5.74) is 1.49. The molecule has 0 saturated carbocycles. The van der Waals surface area contributed by atoms with Gasteiger partial charge in [0.05, 0.1) is 11.1 Å². The number of benzene rings is 1.